The standard InChI is InChI=1S/C12H12N4OS2/c1-8(7-13)18-12-16-15-11(19-12)14-9-5-3-4-6-10(9)17-2/h3-6,8H,1-2H3,(H,14,15)/t8-/m1/s1. The van der Waals surface area contributed by atoms with Crippen molar-refractivity contribution < 1.29 is 4.74 Å². The van der Waals surface area contributed by atoms with Crippen molar-refractivity contribution >= 4 is 33.9 Å². The van der Waals surface area contributed by atoms with E-state index in [-0.39, 0.29) is 5.25 Å². The van der Waals surface area contributed by atoms with E-state index in [1.54, 1.807) is 7.11 Å². The van der Waals surface area contributed by atoms with Crippen molar-refractivity contribution in [2.45, 2.75) is 16.5 Å². The number of para-hydroxylation sites is 2. The molecule has 1 atom stereocenters. The lowest BCUT2D eigenvalue weighted by Crippen LogP contribution is -1.93. The van der Waals surface area contributed by atoms with Crippen molar-refractivity contribution in [2.24, 2.45) is 0 Å². The van der Waals surface area contributed by atoms with E-state index in [1.807, 2.05) is 31.2 Å². The highest BCUT2D eigenvalue weighted by atomic mass is 32.2. The maximum Gasteiger partial charge on any atom is 0.210 e. The van der Waals surface area contributed by atoms with E-state index < -0.39 is 0 Å². The molecule has 1 aromatic carbocycles. The molecule has 0 aliphatic carbocycles. The maximum absolute atomic E-state index is 8.76. The third-order valence-electron chi connectivity index (χ3n) is 2.21. The Kier molecular flexibility index (Phi) is 4.60. The second kappa shape index (κ2) is 6.41. The zero-order chi connectivity index (χ0) is 13.7. The van der Waals surface area contributed by atoms with Gasteiger partial charge in [0, 0.05) is 0 Å². The smallest absolute Gasteiger partial charge is 0.210 e. The number of hydrogen-bond donors (Lipinski definition) is 1. The van der Waals surface area contributed by atoms with Crippen molar-refractivity contribution in [2.75, 3.05) is 12.4 Å². The minimum atomic E-state index is -0.132. The van der Waals surface area contributed by atoms with Crippen LogP contribution in [0.5, 0.6) is 5.75 Å². The highest BCUT2D eigenvalue weighted by Crippen LogP contribution is 2.32. The molecule has 0 radical (unpaired) electrons. The van der Waals surface area contributed by atoms with Gasteiger partial charge in [-0.05, 0) is 19.1 Å². The third kappa shape index (κ3) is 3.59. The van der Waals surface area contributed by atoms with Crippen LogP contribution >= 0.6 is 23.1 Å². The first-order valence-electron chi connectivity index (χ1n) is 5.52. The largest absolute Gasteiger partial charge is 0.495 e. The Bertz CT molecular complexity index is 593. The number of benzene rings is 1. The van der Waals surface area contributed by atoms with E-state index in [1.165, 1.54) is 23.1 Å². The summed E-state index contributed by atoms with van der Waals surface area (Å²) in [6, 6.07) is 9.75. The first kappa shape index (κ1) is 13.6. The number of rotatable bonds is 5. The average Bonchev–Trinajstić information content (AvgIpc) is 2.86. The number of aromatic nitrogens is 2. The van der Waals surface area contributed by atoms with Crippen LogP contribution in [0.15, 0.2) is 28.6 Å². The molecule has 1 N–H and O–H groups in total. The summed E-state index contributed by atoms with van der Waals surface area (Å²) in [5.74, 6) is 0.747. The van der Waals surface area contributed by atoms with E-state index in [0.29, 0.717) is 5.13 Å². The molecule has 0 aliphatic heterocycles. The molecular formula is C12H12N4OS2. The van der Waals surface area contributed by atoms with Crippen molar-refractivity contribution in [3.8, 4) is 11.8 Å². The number of methoxy groups -OCH3 is 1. The van der Waals surface area contributed by atoms with Crippen LogP contribution in [-0.2, 0) is 0 Å². The second-order valence-electron chi connectivity index (χ2n) is 3.59. The van der Waals surface area contributed by atoms with Crippen molar-refractivity contribution in [1.82, 2.24) is 10.2 Å². The van der Waals surface area contributed by atoms with Crippen LogP contribution in [0.1, 0.15) is 6.92 Å². The summed E-state index contributed by atoms with van der Waals surface area (Å²) in [4.78, 5) is 0. The van der Waals surface area contributed by atoms with Crippen LogP contribution in [0.2, 0.25) is 0 Å². The number of nitrogens with zero attached hydrogens (tertiary/aromatic N) is 3. The Labute approximate surface area is 119 Å². The predicted octanol–water partition coefficient (Wildman–Crippen LogP) is 3.29. The molecule has 5 nitrogen and oxygen atoms in total. The summed E-state index contributed by atoms with van der Waals surface area (Å²) in [6.45, 7) is 1.83. The fourth-order valence-electron chi connectivity index (χ4n) is 1.35. The average molecular weight is 292 g/mol. The SMILES string of the molecule is COc1ccccc1Nc1nnc(S[C@H](C)C#N)s1. The van der Waals surface area contributed by atoms with Crippen LogP contribution in [0, 0.1) is 11.3 Å². The molecule has 0 saturated carbocycles. The lowest BCUT2D eigenvalue weighted by Gasteiger charge is -2.07. The maximum atomic E-state index is 8.76. The van der Waals surface area contributed by atoms with Gasteiger partial charge in [-0.3, -0.25) is 0 Å². The van der Waals surface area contributed by atoms with Gasteiger partial charge in [0.25, 0.3) is 0 Å². The Hall–Kier alpha value is -1.78. The molecular weight excluding hydrogens is 280 g/mol. The molecule has 0 unspecified atom stereocenters. The van der Waals surface area contributed by atoms with Crippen LogP contribution in [0.4, 0.5) is 10.8 Å². The quantitative estimate of drug-likeness (QED) is 0.853. The molecule has 0 amide bonds. The molecule has 1 aromatic heterocycles. The molecule has 0 spiro atoms. The van der Waals surface area contributed by atoms with Crippen LogP contribution in [-0.4, -0.2) is 22.6 Å². The summed E-state index contributed by atoms with van der Waals surface area (Å²) in [5.41, 5.74) is 0.839. The first-order chi connectivity index (χ1) is 9.22. The summed E-state index contributed by atoms with van der Waals surface area (Å²) in [7, 11) is 1.62. The van der Waals surface area contributed by atoms with Gasteiger partial charge in [-0.25, -0.2) is 0 Å². The Morgan fingerprint density at radius 3 is 2.95 bits per heavy atom. The summed E-state index contributed by atoms with van der Waals surface area (Å²) in [5, 5.41) is 20.5. The van der Waals surface area contributed by atoms with Gasteiger partial charge in [0.2, 0.25) is 5.13 Å². The molecule has 0 fully saturated rings. The molecule has 98 valence electrons. The van der Waals surface area contributed by atoms with E-state index in [0.717, 1.165) is 15.8 Å². The lowest BCUT2D eigenvalue weighted by molar-refractivity contribution is 0.417. The number of nitriles is 1. The van der Waals surface area contributed by atoms with E-state index in [2.05, 4.69) is 21.6 Å². The predicted molar refractivity (Wildman–Crippen MR) is 77.1 cm³/mol. The molecule has 0 saturated heterocycles. The summed E-state index contributed by atoms with van der Waals surface area (Å²) in [6.07, 6.45) is 0. The van der Waals surface area contributed by atoms with Crippen molar-refractivity contribution in [3.63, 3.8) is 0 Å². The van der Waals surface area contributed by atoms with Crippen LogP contribution < -0.4 is 10.1 Å². The van der Waals surface area contributed by atoms with Crippen molar-refractivity contribution in [3.05, 3.63) is 24.3 Å². The topological polar surface area (TPSA) is 70.8 Å². The van der Waals surface area contributed by atoms with Gasteiger partial charge < -0.3 is 10.1 Å². The molecule has 2 aromatic rings. The number of ether oxygens (including phenoxy) is 1. The minimum Gasteiger partial charge on any atom is -0.495 e. The molecule has 7 heteroatoms. The minimum absolute atomic E-state index is 0.132. The van der Waals surface area contributed by atoms with E-state index in [4.69, 9.17) is 10.00 Å². The molecule has 0 aliphatic rings. The molecule has 1 heterocycles. The van der Waals surface area contributed by atoms with Gasteiger partial charge in [0.05, 0.1) is 24.1 Å². The second-order valence-corrected chi connectivity index (χ2v) is 6.15. The zero-order valence-electron chi connectivity index (χ0n) is 10.5. The van der Waals surface area contributed by atoms with Gasteiger partial charge in [0.15, 0.2) is 4.34 Å². The van der Waals surface area contributed by atoms with E-state index >= 15 is 0 Å². The third-order valence-corrected chi connectivity index (χ3v) is 4.13. The van der Waals surface area contributed by atoms with Gasteiger partial charge in [-0.1, -0.05) is 35.2 Å². The Morgan fingerprint density at radius 1 is 1.42 bits per heavy atom. The number of anilines is 2. The fraction of sp³-hybridized carbons (Fsp3) is 0.250. The Balaban J connectivity index is 2.10. The number of nitrogens with one attached hydrogen (secondary N) is 1. The van der Waals surface area contributed by atoms with E-state index in [9.17, 15) is 0 Å². The lowest BCUT2D eigenvalue weighted by atomic mass is 10.3. The van der Waals surface area contributed by atoms with Crippen molar-refractivity contribution in [1.29, 1.82) is 5.26 Å². The zero-order valence-corrected chi connectivity index (χ0v) is 12.1. The first-order valence-corrected chi connectivity index (χ1v) is 7.22. The fourth-order valence-corrected chi connectivity index (χ4v) is 3.14. The number of hydrogen-bond acceptors (Lipinski definition) is 7. The Morgan fingerprint density at radius 2 is 2.21 bits per heavy atom. The molecule has 19 heavy (non-hydrogen) atoms. The number of thioether (sulfide) groups is 1. The summed E-state index contributed by atoms with van der Waals surface area (Å²) >= 11 is 2.81. The highest BCUT2D eigenvalue weighted by Gasteiger charge is 2.10. The van der Waals surface area contributed by atoms with Gasteiger partial charge >= 0.3 is 0 Å². The molecule has 2 rings (SSSR count). The van der Waals surface area contributed by atoms with Gasteiger partial charge in [-0.15, -0.1) is 10.2 Å². The summed E-state index contributed by atoms with van der Waals surface area (Å²) < 4.78 is 6.02. The van der Waals surface area contributed by atoms with Crippen LogP contribution in [0.25, 0.3) is 0 Å². The molecule has 0 bridgehead atoms. The van der Waals surface area contributed by atoms with Gasteiger partial charge in [-0.2, -0.15) is 5.26 Å². The monoisotopic (exact) mass is 292 g/mol. The highest BCUT2D eigenvalue weighted by molar-refractivity contribution is 8.01. The van der Waals surface area contributed by atoms with Gasteiger partial charge in [0.1, 0.15) is 5.75 Å². The normalized spacial score (nSPS) is 11.6. The van der Waals surface area contributed by atoms with Crippen LogP contribution in [0.3, 0.4) is 0 Å².